The number of benzene rings is 1. The van der Waals surface area contributed by atoms with Gasteiger partial charge in [-0.15, -0.1) is 0 Å². The van der Waals surface area contributed by atoms with Crippen LogP contribution >= 0.6 is 0 Å². The number of aryl methyl sites for hydroxylation is 3. The highest BCUT2D eigenvalue weighted by Crippen LogP contribution is 2.24. The first-order chi connectivity index (χ1) is 9.49. The molecule has 0 aliphatic heterocycles. The number of rotatable bonds is 8. The van der Waals surface area contributed by atoms with Crippen LogP contribution in [0.25, 0.3) is 0 Å². The van der Waals surface area contributed by atoms with Gasteiger partial charge in [0.2, 0.25) is 0 Å². The van der Waals surface area contributed by atoms with Crippen molar-refractivity contribution < 1.29 is 0 Å². The fourth-order valence-electron chi connectivity index (χ4n) is 3.08. The first-order valence-corrected chi connectivity index (χ1v) is 7.99. The quantitative estimate of drug-likeness (QED) is 0.772. The Morgan fingerprint density at radius 2 is 1.70 bits per heavy atom. The first kappa shape index (κ1) is 17.2. The first-order valence-electron chi connectivity index (χ1n) is 7.99. The summed E-state index contributed by atoms with van der Waals surface area (Å²) in [5.74, 6) is 0. The van der Waals surface area contributed by atoms with Gasteiger partial charge in [-0.05, 0) is 64.0 Å². The Labute approximate surface area is 125 Å². The molecule has 0 heterocycles. The monoisotopic (exact) mass is 276 g/mol. The molecule has 2 nitrogen and oxygen atoms in total. The molecule has 114 valence electrons. The summed E-state index contributed by atoms with van der Waals surface area (Å²) in [7, 11) is 2.23. The lowest BCUT2D eigenvalue weighted by molar-refractivity contribution is 0.287. The van der Waals surface area contributed by atoms with E-state index >= 15 is 0 Å². The Morgan fingerprint density at radius 1 is 1.10 bits per heavy atom. The highest BCUT2D eigenvalue weighted by molar-refractivity contribution is 5.39. The summed E-state index contributed by atoms with van der Waals surface area (Å²) in [6, 6.07) is 5.04. The fraction of sp³-hybridized carbons (Fsp3) is 0.667. The van der Waals surface area contributed by atoms with Gasteiger partial charge < -0.3 is 10.2 Å². The molecular weight excluding hydrogens is 244 g/mol. The van der Waals surface area contributed by atoms with Gasteiger partial charge in [-0.3, -0.25) is 0 Å². The van der Waals surface area contributed by atoms with Gasteiger partial charge in [-0.2, -0.15) is 0 Å². The average molecular weight is 276 g/mol. The maximum atomic E-state index is 3.67. The molecule has 2 heteroatoms. The van der Waals surface area contributed by atoms with Crippen molar-refractivity contribution in [3.63, 3.8) is 0 Å². The van der Waals surface area contributed by atoms with Crippen molar-refractivity contribution >= 4 is 0 Å². The van der Waals surface area contributed by atoms with Gasteiger partial charge in [-0.25, -0.2) is 0 Å². The largest absolute Gasteiger partial charge is 0.309 e. The van der Waals surface area contributed by atoms with Crippen LogP contribution in [0.2, 0.25) is 0 Å². The Bertz CT molecular complexity index is 389. The number of hydrogen-bond acceptors (Lipinski definition) is 2. The number of nitrogens with zero attached hydrogens (tertiary/aromatic N) is 1. The van der Waals surface area contributed by atoms with Crippen LogP contribution in [0.5, 0.6) is 0 Å². The third kappa shape index (κ3) is 4.92. The summed E-state index contributed by atoms with van der Waals surface area (Å²) < 4.78 is 0. The topological polar surface area (TPSA) is 15.3 Å². The van der Waals surface area contributed by atoms with Gasteiger partial charge in [-0.1, -0.05) is 38.0 Å². The Kier molecular flexibility index (Phi) is 7.25. The molecule has 0 aliphatic rings. The highest BCUT2D eigenvalue weighted by Gasteiger charge is 2.17. The smallest absolute Gasteiger partial charge is 0.0454 e. The van der Waals surface area contributed by atoms with Crippen molar-refractivity contribution in [1.29, 1.82) is 0 Å². The van der Waals surface area contributed by atoms with Crippen molar-refractivity contribution in [2.24, 2.45) is 0 Å². The number of nitrogens with one attached hydrogen (secondary N) is 1. The van der Waals surface area contributed by atoms with Crippen LogP contribution in [0.15, 0.2) is 12.1 Å². The van der Waals surface area contributed by atoms with E-state index in [1.54, 1.807) is 0 Å². The molecule has 1 atom stereocenters. The molecule has 1 N–H and O–H groups in total. The molecule has 1 aromatic carbocycles. The summed E-state index contributed by atoms with van der Waals surface area (Å²) in [5, 5.41) is 3.67. The Hall–Kier alpha value is -0.860. The van der Waals surface area contributed by atoms with Crippen LogP contribution in [0, 0.1) is 20.8 Å². The van der Waals surface area contributed by atoms with E-state index < -0.39 is 0 Å². The summed E-state index contributed by atoms with van der Waals surface area (Å²) >= 11 is 0. The van der Waals surface area contributed by atoms with Gasteiger partial charge in [0.05, 0.1) is 0 Å². The molecule has 0 aromatic heterocycles. The average Bonchev–Trinajstić information content (AvgIpc) is 2.35. The van der Waals surface area contributed by atoms with E-state index in [2.05, 4.69) is 64.0 Å². The molecule has 0 fully saturated rings. The predicted molar refractivity (Wildman–Crippen MR) is 89.5 cm³/mol. The lowest BCUT2D eigenvalue weighted by Gasteiger charge is -2.28. The van der Waals surface area contributed by atoms with E-state index in [4.69, 9.17) is 0 Å². The molecule has 0 spiro atoms. The lowest BCUT2D eigenvalue weighted by atomic mass is 9.93. The van der Waals surface area contributed by atoms with Gasteiger partial charge in [0, 0.05) is 12.6 Å². The Balaban J connectivity index is 2.90. The minimum absolute atomic E-state index is 0.433. The van der Waals surface area contributed by atoms with E-state index in [0.717, 1.165) is 13.1 Å². The maximum Gasteiger partial charge on any atom is 0.0454 e. The van der Waals surface area contributed by atoms with E-state index in [-0.39, 0.29) is 0 Å². The zero-order valence-electron chi connectivity index (χ0n) is 14.2. The molecule has 1 aromatic rings. The van der Waals surface area contributed by atoms with Gasteiger partial charge in [0.25, 0.3) is 0 Å². The second-order valence-electron chi connectivity index (χ2n) is 6.04. The molecule has 0 amide bonds. The molecular formula is C18H32N2. The van der Waals surface area contributed by atoms with E-state index in [0.29, 0.717) is 6.04 Å². The van der Waals surface area contributed by atoms with Crippen LogP contribution in [0.4, 0.5) is 0 Å². The summed E-state index contributed by atoms with van der Waals surface area (Å²) in [6.45, 7) is 14.4. The lowest BCUT2D eigenvalue weighted by Crippen LogP contribution is -2.34. The molecule has 1 unspecified atom stereocenters. The second-order valence-corrected chi connectivity index (χ2v) is 6.04. The van der Waals surface area contributed by atoms with E-state index in [9.17, 15) is 0 Å². The number of hydrogen-bond donors (Lipinski definition) is 1. The number of unbranched alkanes of at least 4 members (excludes halogenated alkanes) is 1. The SMILES string of the molecule is CCCCN(C)CC(NCC)c1c(C)cc(C)cc1C. The normalized spacial score (nSPS) is 12.9. The Morgan fingerprint density at radius 3 is 2.20 bits per heavy atom. The second kappa shape index (κ2) is 8.43. The van der Waals surface area contributed by atoms with Crippen LogP contribution in [0.1, 0.15) is 55.0 Å². The minimum atomic E-state index is 0.433. The fourth-order valence-corrected chi connectivity index (χ4v) is 3.08. The third-order valence-electron chi connectivity index (χ3n) is 3.92. The number of likely N-dealkylation sites (N-methyl/N-ethyl adjacent to an activating group) is 2. The van der Waals surface area contributed by atoms with Crippen LogP contribution in [-0.4, -0.2) is 31.6 Å². The van der Waals surface area contributed by atoms with E-state index in [1.807, 2.05) is 0 Å². The predicted octanol–water partition coefficient (Wildman–Crippen LogP) is 3.99. The van der Waals surface area contributed by atoms with Gasteiger partial charge in [0.1, 0.15) is 0 Å². The van der Waals surface area contributed by atoms with Crippen LogP contribution < -0.4 is 5.32 Å². The summed E-state index contributed by atoms with van der Waals surface area (Å²) in [4.78, 5) is 2.45. The van der Waals surface area contributed by atoms with Crippen LogP contribution in [-0.2, 0) is 0 Å². The summed E-state index contributed by atoms with van der Waals surface area (Å²) in [5.41, 5.74) is 5.67. The van der Waals surface area contributed by atoms with Crippen molar-refractivity contribution in [3.8, 4) is 0 Å². The molecule has 0 saturated heterocycles. The molecule has 0 bridgehead atoms. The van der Waals surface area contributed by atoms with Crippen molar-refractivity contribution in [3.05, 3.63) is 34.4 Å². The molecule has 1 rings (SSSR count). The zero-order valence-corrected chi connectivity index (χ0v) is 14.2. The summed E-state index contributed by atoms with van der Waals surface area (Å²) in [6.07, 6.45) is 2.54. The van der Waals surface area contributed by atoms with Gasteiger partial charge >= 0.3 is 0 Å². The standard InChI is InChI=1S/C18H32N2/c1-7-9-10-20(6)13-17(19-8-2)18-15(4)11-14(3)12-16(18)5/h11-12,17,19H,7-10,13H2,1-6H3. The molecule has 0 saturated carbocycles. The van der Waals surface area contributed by atoms with Crippen molar-refractivity contribution in [1.82, 2.24) is 10.2 Å². The zero-order chi connectivity index (χ0) is 15.1. The van der Waals surface area contributed by atoms with Crippen molar-refractivity contribution in [2.75, 3.05) is 26.7 Å². The molecule has 0 aliphatic carbocycles. The molecule has 0 radical (unpaired) electrons. The maximum absolute atomic E-state index is 3.67. The van der Waals surface area contributed by atoms with E-state index in [1.165, 1.54) is 41.6 Å². The van der Waals surface area contributed by atoms with Crippen LogP contribution in [0.3, 0.4) is 0 Å². The van der Waals surface area contributed by atoms with Crippen molar-refractivity contribution in [2.45, 2.75) is 53.5 Å². The molecule has 20 heavy (non-hydrogen) atoms. The third-order valence-corrected chi connectivity index (χ3v) is 3.92. The van der Waals surface area contributed by atoms with Gasteiger partial charge in [0.15, 0.2) is 0 Å². The highest BCUT2D eigenvalue weighted by atomic mass is 15.1. The minimum Gasteiger partial charge on any atom is -0.309 e.